The number of fused-ring (bicyclic) bond motifs is 1. The maximum atomic E-state index is 4.15. The molecular weight excluding hydrogens is 244 g/mol. The Bertz CT molecular complexity index is 534. The van der Waals surface area contributed by atoms with Gasteiger partial charge in [0.1, 0.15) is 11.6 Å². The molecular formula is C13H18N4S. The molecule has 2 heterocycles. The van der Waals surface area contributed by atoms with Gasteiger partial charge in [0.15, 0.2) is 0 Å². The maximum Gasteiger partial charge on any atom is 0.146 e. The number of rotatable bonds is 4. The van der Waals surface area contributed by atoms with Crippen molar-refractivity contribution >= 4 is 11.3 Å². The van der Waals surface area contributed by atoms with Gasteiger partial charge in [0.2, 0.25) is 0 Å². The lowest BCUT2D eigenvalue weighted by Crippen LogP contribution is -2.15. The van der Waals surface area contributed by atoms with Gasteiger partial charge in [-0.15, -0.1) is 21.5 Å². The zero-order valence-corrected chi connectivity index (χ0v) is 11.7. The van der Waals surface area contributed by atoms with Crippen LogP contribution in [0.5, 0.6) is 0 Å². The highest BCUT2D eigenvalue weighted by molar-refractivity contribution is 7.12. The van der Waals surface area contributed by atoms with Crippen molar-refractivity contribution in [1.29, 1.82) is 0 Å². The molecule has 0 aromatic carbocycles. The van der Waals surface area contributed by atoms with Gasteiger partial charge < -0.3 is 9.88 Å². The first-order chi connectivity index (χ1) is 8.74. The predicted molar refractivity (Wildman–Crippen MR) is 72.6 cm³/mol. The first-order valence-electron chi connectivity index (χ1n) is 6.40. The molecule has 96 valence electrons. The standard InChI is InChI=1S/C13H18N4S/c1-9-15-16-13(17(9)2)8-14-7-11-6-10-4-3-5-12(10)18-11/h6,14H,3-5,7-8H2,1-2H3. The van der Waals surface area contributed by atoms with Crippen molar-refractivity contribution in [2.75, 3.05) is 0 Å². The van der Waals surface area contributed by atoms with Gasteiger partial charge in [-0.25, -0.2) is 0 Å². The van der Waals surface area contributed by atoms with Gasteiger partial charge in [0.05, 0.1) is 6.54 Å². The van der Waals surface area contributed by atoms with Crippen LogP contribution in [0.15, 0.2) is 6.07 Å². The van der Waals surface area contributed by atoms with E-state index in [9.17, 15) is 0 Å². The average molecular weight is 262 g/mol. The fourth-order valence-electron chi connectivity index (χ4n) is 2.38. The van der Waals surface area contributed by atoms with Gasteiger partial charge in [-0.2, -0.15) is 0 Å². The highest BCUT2D eigenvalue weighted by Crippen LogP contribution is 2.30. The molecule has 0 spiro atoms. The van der Waals surface area contributed by atoms with Crippen LogP contribution in [0.3, 0.4) is 0 Å². The van der Waals surface area contributed by atoms with Gasteiger partial charge >= 0.3 is 0 Å². The van der Waals surface area contributed by atoms with Crippen LogP contribution < -0.4 is 5.32 Å². The van der Waals surface area contributed by atoms with Crippen LogP contribution in [0.25, 0.3) is 0 Å². The Kier molecular flexibility index (Phi) is 3.18. The van der Waals surface area contributed by atoms with E-state index in [-0.39, 0.29) is 0 Å². The second-order valence-corrected chi connectivity index (χ2v) is 6.06. The molecule has 0 aliphatic heterocycles. The molecule has 1 aliphatic carbocycles. The molecule has 0 atom stereocenters. The molecule has 0 saturated carbocycles. The molecule has 3 rings (SSSR count). The third-order valence-corrected chi connectivity index (χ3v) is 4.80. The van der Waals surface area contributed by atoms with Crippen LogP contribution in [0, 0.1) is 6.92 Å². The Morgan fingerprint density at radius 2 is 2.22 bits per heavy atom. The monoisotopic (exact) mass is 262 g/mol. The molecule has 0 radical (unpaired) electrons. The molecule has 0 fully saturated rings. The van der Waals surface area contributed by atoms with Crippen LogP contribution in [0.2, 0.25) is 0 Å². The molecule has 18 heavy (non-hydrogen) atoms. The van der Waals surface area contributed by atoms with Crippen molar-refractivity contribution in [3.05, 3.63) is 33.0 Å². The second-order valence-electron chi connectivity index (χ2n) is 4.84. The third-order valence-electron chi connectivity index (χ3n) is 3.56. The minimum atomic E-state index is 0.778. The molecule has 2 aromatic heterocycles. The number of thiophene rings is 1. The van der Waals surface area contributed by atoms with Crippen molar-refractivity contribution in [1.82, 2.24) is 20.1 Å². The Balaban J connectivity index is 1.57. The Morgan fingerprint density at radius 3 is 2.94 bits per heavy atom. The van der Waals surface area contributed by atoms with Crippen LogP contribution in [0.4, 0.5) is 0 Å². The topological polar surface area (TPSA) is 42.7 Å². The van der Waals surface area contributed by atoms with E-state index in [2.05, 4.69) is 21.6 Å². The minimum Gasteiger partial charge on any atom is -0.317 e. The van der Waals surface area contributed by atoms with E-state index in [1.165, 1.54) is 24.1 Å². The molecule has 0 bridgehead atoms. The lowest BCUT2D eigenvalue weighted by molar-refractivity contribution is 0.638. The fourth-order valence-corrected chi connectivity index (χ4v) is 3.61. The average Bonchev–Trinajstić information content (AvgIpc) is 2.99. The summed E-state index contributed by atoms with van der Waals surface area (Å²) in [7, 11) is 2.01. The molecule has 1 N–H and O–H groups in total. The predicted octanol–water partition coefficient (Wildman–Crippen LogP) is 1.96. The SMILES string of the molecule is Cc1nnc(CNCc2cc3c(s2)CCC3)n1C. The molecule has 5 heteroatoms. The van der Waals surface area contributed by atoms with Gasteiger partial charge in [0, 0.05) is 23.3 Å². The summed E-state index contributed by atoms with van der Waals surface area (Å²) >= 11 is 1.96. The number of nitrogens with zero attached hydrogens (tertiary/aromatic N) is 3. The first kappa shape index (κ1) is 11.9. The summed E-state index contributed by atoms with van der Waals surface area (Å²) in [6, 6.07) is 2.36. The number of aromatic nitrogens is 3. The van der Waals surface area contributed by atoms with Gasteiger partial charge in [-0.1, -0.05) is 0 Å². The summed E-state index contributed by atoms with van der Waals surface area (Å²) in [5.41, 5.74) is 1.58. The zero-order valence-electron chi connectivity index (χ0n) is 10.9. The van der Waals surface area contributed by atoms with Crippen LogP contribution in [0.1, 0.15) is 33.4 Å². The maximum absolute atomic E-state index is 4.15. The van der Waals surface area contributed by atoms with Crippen molar-refractivity contribution in [3.63, 3.8) is 0 Å². The summed E-state index contributed by atoms with van der Waals surface area (Å²) in [6.07, 6.45) is 3.89. The van der Waals surface area contributed by atoms with E-state index in [1.54, 1.807) is 10.4 Å². The minimum absolute atomic E-state index is 0.778. The summed E-state index contributed by atoms with van der Waals surface area (Å²) < 4.78 is 2.03. The van der Waals surface area contributed by atoms with Crippen LogP contribution in [-0.4, -0.2) is 14.8 Å². The van der Waals surface area contributed by atoms with Crippen molar-refractivity contribution in [2.24, 2.45) is 7.05 Å². The Labute approximate surface area is 111 Å². The molecule has 0 unspecified atom stereocenters. The van der Waals surface area contributed by atoms with Crippen molar-refractivity contribution in [3.8, 4) is 0 Å². The van der Waals surface area contributed by atoms with Crippen LogP contribution >= 0.6 is 11.3 Å². The number of nitrogens with one attached hydrogen (secondary N) is 1. The van der Waals surface area contributed by atoms with E-state index in [4.69, 9.17) is 0 Å². The van der Waals surface area contributed by atoms with Gasteiger partial charge in [-0.3, -0.25) is 0 Å². The Morgan fingerprint density at radius 1 is 1.33 bits per heavy atom. The number of aryl methyl sites for hydroxylation is 3. The number of hydrogen-bond donors (Lipinski definition) is 1. The lowest BCUT2D eigenvalue weighted by Gasteiger charge is -2.03. The highest BCUT2D eigenvalue weighted by atomic mass is 32.1. The third kappa shape index (κ3) is 2.20. The summed E-state index contributed by atoms with van der Waals surface area (Å²) in [4.78, 5) is 3.04. The van der Waals surface area contributed by atoms with E-state index in [0.717, 1.165) is 24.7 Å². The van der Waals surface area contributed by atoms with Crippen LogP contribution in [-0.2, 0) is 33.0 Å². The van der Waals surface area contributed by atoms with E-state index >= 15 is 0 Å². The normalized spacial score (nSPS) is 14.1. The smallest absolute Gasteiger partial charge is 0.146 e. The van der Waals surface area contributed by atoms with Gasteiger partial charge in [-0.05, 0) is 37.8 Å². The number of hydrogen-bond acceptors (Lipinski definition) is 4. The quantitative estimate of drug-likeness (QED) is 0.916. The summed E-state index contributed by atoms with van der Waals surface area (Å²) in [5.74, 6) is 1.96. The molecule has 1 aliphatic rings. The summed E-state index contributed by atoms with van der Waals surface area (Å²) in [5, 5.41) is 11.7. The van der Waals surface area contributed by atoms with Crippen molar-refractivity contribution < 1.29 is 0 Å². The Hall–Kier alpha value is -1.20. The van der Waals surface area contributed by atoms with E-state index in [1.807, 2.05) is 29.9 Å². The fraction of sp³-hybridized carbons (Fsp3) is 0.538. The van der Waals surface area contributed by atoms with E-state index in [0.29, 0.717) is 0 Å². The molecule has 2 aromatic rings. The van der Waals surface area contributed by atoms with Gasteiger partial charge in [0.25, 0.3) is 0 Å². The highest BCUT2D eigenvalue weighted by Gasteiger charge is 2.14. The molecule has 0 saturated heterocycles. The van der Waals surface area contributed by atoms with Crippen molar-refractivity contribution in [2.45, 2.75) is 39.3 Å². The second kappa shape index (κ2) is 4.82. The lowest BCUT2D eigenvalue weighted by atomic mass is 10.2. The van der Waals surface area contributed by atoms with E-state index < -0.39 is 0 Å². The summed E-state index contributed by atoms with van der Waals surface area (Å²) in [6.45, 7) is 3.68. The molecule has 0 amide bonds. The zero-order chi connectivity index (χ0) is 12.5. The first-order valence-corrected chi connectivity index (χ1v) is 7.22. The largest absolute Gasteiger partial charge is 0.317 e. The molecule has 4 nitrogen and oxygen atoms in total.